The second-order valence-corrected chi connectivity index (χ2v) is 7.70. The van der Waals surface area contributed by atoms with Gasteiger partial charge in [-0.25, -0.2) is 0 Å². The van der Waals surface area contributed by atoms with Gasteiger partial charge in [0.1, 0.15) is 0 Å². The summed E-state index contributed by atoms with van der Waals surface area (Å²) >= 11 is 3.38. The number of amides is 2. The minimum atomic E-state index is -0.323. The van der Waals surface area contributed by atoms with Crippen LogP contribution in [0.4, 0.5) is 5.69 Å². The van der Waals surface area contributed by atoms with Crippen molar-refractivity contribution >= 4 is 33.4 Å². The zero-order valence-corrected chi connectivity index (χ0v) is 16.5. The molecule has 1 saturated heterocycles. The fraction of sp³-hybridized carbons (Fsp3) is 0.579. The van der Waals surface area contributed by atoms with Gasteiger partial charge < -0.3 is 15.3 Å². The molecular formula is C19H27BrN2O3. The average molecular weight is 411 g/mol. The predicted octanol–water partition coefficient (Wildman–Crippen LogP) is 3.11. The first-order valence-corrected chi connectivity index (χ1v) is 9.68. The van der Waals surface area contributed by atoms with Gasteiger partial charge in [-0.3, -0.25) is 9.59 Å². The van der Waals surface area contributed by atoms with Crippen molar-refractivity contribution in [2.45, 2.75) is 39.5 Å². The topological polar surface area (TPSA) is 69.6 Å². The first-order chi connectivity index (χ1) is 11.9. The summed E-state index contributed by atoms with van der Waals surface area (Å²) in [6, 6.07) is 7.54. The Morgan fingerprint density at radius 1 is 1.32 bits per heavy atom. The van der Waals surface area contributed by atoms with E-state index in [2.05, 4.69) is 35.1 Å². The normalized spacial score (nSPS) is 17.8. The van der Waals surface area contributed by atoms with Gasteiger partial charge in [0.25, 0.3) is 0 Å². The molecule has 2 amide bonds. The van der Waals surface area contributed by atoms with Gasteiger partial charge in [0.2, 0.25) is 11.8 Å². The van der Waals surface area contributed by atoms with Crippen molar-refractivity contribution in [3.8, 4) is 0 Å². The van der Waals surface area contributed by atoms with Gasteiger partial charge in [0.05, 0.1) is 5.92 Å². The van der Waals surface area contributed by atoms with Crippen LogP contribution in [-0.4, -0.2) is 36.6 Å². The minimum absolute atomic E-state index is 0.0184. The summed E-state index contributed by atoms with van der Waals surface area (Å²) in [4.78, 5) is 26.5. The van der Waals surface area contributed by atoms with Crippen molar-refractivity contribution in [3.05, 3.63) is 28.7 Å². The van der Waals surface area contributed by atoms with Gasteiger partial charge in [-0.1, -0.05) is 29.8 Å². The Balaban J connectivity index is 1.97. The van der Waals surface area contributed by atoms with Crippen LogP contribution in [0.25, 0.3) is 0 Å². The van der Waals surface area contributed by atoms with E-state index in [1.54, 1.807) is 4.90 Å². The molecule has 5 nitrogen and oxygen atoms in total. The lowest BCUT2D eigenvalue weighted by Gasteiger charge is -2.31. The largest absolute Gasteiger partial charge is 0.396 e. The van der Waals surface area contributed by atoms with E-state index >= 15 is 0 Å². The van der Waals surface area contributed by atoms with E-state index in [-0.39, 0.29) is 36.2 Å². The van der Waals surface area contributed by atoms with Gasteiger partial charge >= 0.3 is 0 Å². The number of aliphatic hydroxyl groups excluding tert-OH is 1. The summed E-state index contributed by atoms with van der Waals surface area (Å²) in [6.45, 7) is 5.25. The molecule has 0 spiro atoms. The number of rotatable bonds is 8. The van der Waals surface area contributed by atoms with Gasteiger partial charge in [0.15, 0.2) is 0 Å². The van der Waals surface area contributed by atoms with E-state index < -0.39 is 0 Å². The average Bonchev–Trinajstić information content (AvgIpc) is 3.01. The zero-order chi connectivity index (χ0) is 18.4. The standard InChI is InChI=1S/C19H27BrN2O3/c1-3-19(4-2,9-10-23)13-21-18(25)14-11-17(24)22(12-14)16-7-5-15(20)6-8-16/h5-8,14,23H,3-4,9-13H2,1-2H3,(H,21,25). The highest BCUT2D eigenvalue weighted by atomic mass is 79.9. The van der Waals surface area contributed by atoms with E-state index in [1.807, 2.05) is 24.3 Å². The highest BCUT2D eigenvalue weighted by molar-refractivity contribution is 9.10. The number of carbonyl (C=O) groups excluding carboxylic acids is 2. The van der Waals surface area contributed by atoms with Crippen LogP contribution < -0.4 is 10.2 Å². The van der Waals surface area contributed by atoms with Crippen LogP contribution in [0, 0.1) is 11.3 Å². The van der Waals surface area contributed by atoms with Gasteiger partial charge in [-0.2, -0.15) is 0 Å². The Hall–Kier alpha value is -1.40. The van der Waals surface area contributed by atoms with E-state index in [0.29, 0.717) is 19.5 Å². The van der Waals surface area contributed by atoms with Crippen molar-refractivity contribution in [2.24, 2.45) is 11.3 Å². The Labute approximate surface area is 157 Å². The molecule has 25 heavy (non-hydrogen) atoms. The molecule has 0 saturated carbocycles. The van der Waals surface area contributed by atoms with Crippen molar-refractivity contribution in [1.82, 2.24) is 5.32 Å². The van der Waals surface area contributed by atoms with Gasteiger partial charge in [0, 0.05) is 36.3 Å². The Kier molecular flexibility index (Phi) is 7.02. The molecule has 0 aromatic heterocycles. The molecule has 2 N–H and O–H groups in total. The number of halogens is 1. The monoisotopic (exact) mass is 410 g/mol. The van der Waals surface area contributed by atoms with Gasteiger partial charge in [-0.15, -0.1) is 0 Å². The van der Waals surface area contributed by atoms with Crippen LogP contribution in [-0.2, 0) is 9.59 Å². The molecule has 1 atom stereocenters. The third-order valence-electron chi connectivity index (χ3n) is 5.41. The number of carbonyl (C=O) groups is 2. The molecule has 1 fully saturated rings. The molecule has 1 unspecified atom stereocenters. The summed E-state index contributed by atoms with van der Waals surface area (Å²) < 4.78 is 0.955. The van der Waals surface area contributed by atoms with Crippen LogP contribution in [0.15, 0.2) is 28.7 Å². The van der Waals surface area contributed by atoms with E-state index in [9.17, 15) is 14.7 Å². The van der Waals surface area contributed by atoms with Crippen LogP contribution in [0.3, 0.4) is 0 Å². The molecule has 1 heterocycles. The van der Waals surface area contributed by atoms with Crippen molar-refractivity contribution in [1.29, 1.82) is 0 Å². The molecule has 138 valence electrons. The number of nitrogens with one attached hydrogen (secondary N) is 1. The molecule has 1 aliphatic rings. The second-order valence-electron chi connectivity index (χ2n) is 6.78. The summed E-state index contributed by atoms with van der Waals surface area (Å²) in [6.07, 6.45) is 2.72. The Morgan fingerprint density at radius 3 is 2.52 bits per heavy atom. The lowest BCUT2D eigenvalue weighted by atomic mass is 9.79. The van der Waals surface area contributed by atoms with Crippen LogP contribution in [0.5, 0.6) is 0 Å². The summed E-state index contributed by atoms with van der Waals surface area (Å²) in [5.41, 5.74) is 0.749. The van der Waals surface area contributed by atoms with Crippen molar-refractivity contribution in [2.75, 3.05) is 24.6 Å². The Bertz CT molecular complexity index is 599. The van der Waals surface area contributed by atoms with E-state index in [1.165, 1.54) is 0 Å². The predicted molar refractivity (Wildman–Crippen MR) is 102 cm³/mol. The summed E-state index contributed by atoms with van der Waals surface area (Å²) in [7, 11) is 0. The van der Waals surface area contributed by atoms with Gasteiger partial charge in [-0.05, 0) is 48.9 Å². The fourth-order valence-corrected chi connectivity index (χ4v) is 3.62. The number of nitrogens with zero attached hydrogens (tertiary/aromatic N) is 1. The number of aliphatic hydroxyl groups is 1. The zero-order valence-electron chi connectivity index (χ0n) is 14.9. The number of anilines is 1. The molecule has 0 aliphatic carbocycles. The van der Waals surface area contributed by atoms with Crippen molar-refractivity contribution < 1.29 is 14.7 Å². The first kappa shape index (κ1) is 19.9. The van der Waals surface area contributed by atoms with Crippen LogP contribution in [0.2, 0.25) is 0 Å². The number of hydrogen-bond acceptors (Lipinski definition) is 3. The number of hydrogen-bond donors (Lipinski definition) is 2. The maximum Gasteiger partial charge on any atom is 0.227 e. The van der Waals surface area contributed by atoms with Crippen LogP contribution >= 0.6 is 15.9 Å². The quantitative estimate of drug-likeness (QED) is 0.691. The SMILES string of the molecule is CCC(CC)(CCO)CNC(=O)C1CC(=O)N(c2ccc(Br)cc2)C1. The molecule has 1 aromatic carbocycles. The van der Waals surface area contributed by atoms with E-state index in [0.717, 1.165) is 23.0 Å². The molecular weight excluding hydrogens is 384 g/mol. The lowest BCUT2D eigenvalue weighted by molar-refractivity contribution is -0.126. The molecule has 0 radical (unpaired) electrons. The minimum Gasteiger partial charge on any atom is -0.396 e. The fourth-order valence-electron chi connectivity index (χ4n) is 3.35. The highest BCUT2D eigenvalue weighted by Crippen LogP contribution is 2.30. The van der Waals surface area contributed by atoms with Crippen LogP contribution in [0.1, 0.15) is 39.5 Å². The third kappa shape index (κ3) is 4.82. The maximum absolute atomic E-state index is 12.5. The molecule has 1 aromatic rings. The Morgan fingerprint density at radius 2 is 1.96 bits per heavy atom. The first-order valence-electron chi connectivity index (χ1n) is 8.89. The second kappa shape index (κ2) is 8.81. The molecule has 2 rings (SSSR count). The lowest BCUT2D eigenvalue weighted by Crippen LogP contribution is -2.41. The molecule has 6 heteroatoms. The van der Waals surface area contributed by atoms with Crippen molar-refractivity contribution in [3.63, 3.8) is 0 Å². The third-order valence-corrected chi connectivity index (χ3v) is 5.94. The van der Waals surface area contributed by atoms with E-state index in [4.69, 9.17) is 0 Å². The molecule has 0 bridgehead atoms. The number of benzene rings is 1. The molecule has 1 aliphatic heterocycles. The summed E-state index contributed by atoms with van der Waals surface area (Å²) in [5, 5.41) is 12.3. The smallest absolute Gasteiger partial charge is 0.227 e. The maximum atomic E-state index is 12.5. The highest BCUT2D eigenvalue weighted by Gasteiger charge is 2.36. The summed E-state index contributed by atoms with van der Waals surface area (Å²) in [5.74, 6) is -0.413.